The summed E-state index contributed by atoms with van der Waals surface area (Å²) in [5.41, 5.74) is 1.94. The van der Waals surface area contributed by atoms with Gasteiger partial charge in [-0.2, -0.15) is 4.72 Å². The van der Waals surface area contributed by atoms with E-state index in [1.54, 1.807) is 23.5 Å². The fourth-order valence-electron chi connectivity index (χ4n) is 2.12. The third-order valence-corrected chi connectivity index (χ3v) is 5.79. The molecule has 0 spiro atoms. The molecule has 3 rings (SSSR count). The van der Waals surface area contributed by atoms with Gasteiger partial charge in [-0.15, -0.1) is 11.3 Å². The van der Waals surface area contributed by atoms with Crippen LogP contribution < -0.4 is 4.72 Å². The van der Waals surface area contributed by atoms with Gasteiger partial charge in [0.05, 0.1) is 17.5 Å². The Hall–Kier alpha value is -1.42. The smallest absolute Gasteiger partial charge is 0.340 e. The van der Waals surface area contributed by atoms with Gasteiger partial charge in [0.2, 0.25) is 10.0 Å². The van der Waals surface area contributed by atoms with Gasteiger partial charge in [0.15, 0.2) is 10.6 Å². The molecule has 1 aliphatic rings. The van der Waals surface area contributed by atoms with E-state index < -0.39 is 22.2 Å². The van der Waals surface area contributed by atoms with Crippen LogP contribution in [-0.4, -0.2) is 25.6 Å². The van der Waals surface area contributed by atoms with Crippen molar-refractivity contribution >= 4 is 39.1 Å². The van der Waals surface area contributed by atoms with Crippen LogP contribution in [0.4, 0.5) is 0 Å². The third-order valence-electron chi connectivity index (χ3n) is 3.17. The minimum atomic E-state index is -3.47. The van der Waals surface area contributed by atoms with Crippen molar-refractivity contribution in [1.82, 2.24) is 9.71 Å². The second-order valence-electron chi connectivity index (χ2n) is 4.98. The van der Waals surface area contributed by atoms with Gasteiger partial charge in [0.1, 0.15) is 0 Å². The van der Waals surface area contributed by atoms with E-state index in [1.807, 2.05) is 18.4 Å². The molecule has 0 radical (unpaired) electrons. The summed E-state index contributed by atoms with van der Waals surface area (Å²) < 4.78 is 30.9. The molecule has 2 heterocycles. The second-order valence-corrected chi connectivity index (χ2v) is 8.94. The molecule has 1 atom stereocenters. The van der Waals surface area contributed by atoms with Crippen LogP contribution in [0.5, 0.6) is 0 Å². The Morgan fingerprint density at radius 3 is 2.87 bits per heavy atom. The van der Waals surface area contributed by atoms with Crippen molar-refractivity contribution in [2.75, 3.05) is 6.26 Å². The van der Waals surface area contributed by atoms with Crippen molar-refractivity contribution in [2.24, 2.45) is 0 Å². The molecular weight excluding hydrogens is 356 g/mol. The van der Waals surface area contributed by atoms with E-state index in [0.29, 0.717) is 11.1 Å². The zero-order valence-corrected chi connectivity index (χ0v) is 14.8. The number of esters is 1. The average Bonchev–Trinajstić information content (AvgIpc) is 3.03. The van der Waals surface area contributed by atoms with E-state index in [9.17, 15) is 13.2 Å². The van der Waals surface area contributed by atoms with Gasteiger partial charge in [-0.25, -0.2) is 18.2 Å². The first-order chi connectivity index (χ1) is 10.9. The van der Waals surface area contributed by atoms with Crippen LogP contribution in [0.25, 0.3) is 0 Å². The fourth-order valence-corrected chi connectivity index (χ4v) is 4.61. The predicted molar refractivity (Wildman–Crippen MR) is 88.2 cm³/mol. The molecule has 1 N–H and O–H groups in total. The molecule has 0 aliphatic carbocycles. The van der Waals surface area contributed by atoms with Crippen molar-refractivity contribution in [1.29, 1.82) is 0 Å². The number of benzene rings is 1. The van der Waals surface area contributed by atoms with Gasteiger partial charge in [0, 0.05) is 15.8 Å². The van der Waals surface area contributed by atoms with Gasteiger partial charge < -0.3 is 4.74 Å². The summed E-state index contributed by atoms with van der Waals surface area (Å²) in [5, 5.41) is 2.01. The third kappa shape index (κ3) is 3.74. The van der Waals surface area contributed by atoms with E-state index in [-0.39, 0.29) is 0 Å². The first kappa shape index (κ1) is 16.4. The van der Waals surface area contributed by atoms with Crippen LogP contribution in [0, 0.1) is 0 Å². The number of nitrogens with one attached hydrogen (secondary N) is 1. The molecule has 1 aromatic carbocycles. The van der Waals surface area contributed by atoms with Crippen molar-refractivity contribution in [3.05, 3.63) is 40.4 Å². The lowest BCUT2D eigenvalue weighted by molar-refractivity contribution is 0.0365. The van der Waals surface area contributed by atoms with Gasteiger partial charge in [-0.05, 0) is 18.6 Å². The first-order valence-corrected chi connectivity index (χ1v) is 10.4. The molecule has 9 heteroatoms. The number of sulfonamides is 1. The van der Waals surface area contributed by atoms with Gasteiger partial charge >= 0.3 is 5.97 Å². The zero-order chi connectivity index (χ0) is 16.6. The monoisotopic (exact) mass is 370 g/mol. The van der Waals surface area contributed by atoms with Crippen molar-refractivity contribution < 1.29 is 17.9 Å². The van der Waals surface area contributed by atoms with Gasteiger partial charge in [0.25, 0.3) is 0 Å². The summed E-state index contributed by atoms with van der Waals surface area (Å²) in [6.45, 7) is 2.05. The second kappa shape index (κ2) is 6.23. The SMILES string of the molecule is CCc1csc(Sc2ccc3c(c2)C(=O)OC3NS(C)(=O)=O)n1. The van der Waals surface area contributed by atoms with Gasteiger partial charge in [-0.1, -0.05) is 24.8 Å². The molecule has 2 aromatic rings. The van der Waals surface area contributed by atoms with Crippen LogP contribution in [0.2, 0.25) is 0 Å². The molecule has 1 aliphatic heterocycles. The summed E-state index contributed by atoms with van der Waals surface area (Å²) in [6, 6.07) is 5.24. The topological polar surface area (TPSA) is 85.4 Å². The van der Waals surface area contributed by atoms with Crippen LogP contribution in [-0.2, 0) is 21.2 Å². The lowest BCUT2D eigenvalue weighted by Crippen LogP contribution is -2.27. The number of cyclic esters (lactones) is 1. The molecule has 122 valence electrons. The lowest BCUT2D eigenvalue weighted by atomic mass is 10.1. The maximum atomic E-state index is 11.9. The molecule has 23 heavy (non-hydrogen) atoms. The summed E-state index contributed by atoms with van der Waals surface area (Å²) in [7, 11) is -3.47. The summed E-state index contributed by atoms with van der Waals surface area (Å²) in [6.07, 6.45) is 0.946. The number of carbonyl (C=O) groups is 1. The maximum Gasteiger partial charge on any atom is 0.340 e. The average molecular weight is 370 g/mol. The quantitative estimate of drug-likeness (QED) is 0.814. The highest BCUT2D eigenvalue weighted by molar-refractivity contribution is 8.01. The molecule has 0 saturated carbocycles. The van der Waals surface area contributed by atoms with E-state index in [4.69, 9.17) is 4.74 Å². The first-order valence-electron chi connectivity index (χ1n) is 6.80. The van der Waals surface area contributed by atoms with Crippen molar-refractivity contribution in [3.8, 4) is 0 Å². The number of carbonyl (C=O) groups excluding carboxylic acids is 1. The highest BCUT2D eigenvalue weighted by atomic mass is 32.2. The molecule has 0 saturated heterocycles. The van der Waals surface area contributed by atoms with E-state index in [2.05, 4.69) is 9.71 Å². The maximum absolute atomic E-state index is 11.9. The molecule has 0 fully saturated rings. The minimum absolute atomic E-state index is 0.378. The summed E-state index contributed by atoms with van der Waals surface area (Å²) >= 11 is 3.02. The highest BCUT2D eigenvalue weighted by Gasteiger charge is 2.33. The van der Waals surface area contributed by atoms with E-state index in [1.165, 1.54) is 11.8 Å². The molecule has 6 nitrogen and oxygen atoms in total. The molecule has 0 bridgehead atoms. The Balaban J connectivity index is 1.84. The van der Waals surface area contributed by atoms with Gasteiger partial charge in [-0.3, -0.25) is 0 Å². The van der Waals surface area contributed by atoms with Crippen LogP contribution in [0.15, 0.2) is 32.8 Å². The number of aromatic nitrogens is 1. The molecule has 0 amide bonds. The number of aryl methyl sites for hydroxylation is 1. The number of fused-ring (bicyclic) bond motifs is 1. The Morgan fingerprint density at radius 1 is 1.43 bits per heavy atom. The number of thiazole rings is 1. The zero-order valence-electron chi connectivity index (χ0n) is 12.4. The summed E-state index contributed by atoms with van der Waals surface area (Å²) in [4.78, 5) is 17.3. The summed E-state index contributed by atoms with van der Waals surface area (Å²) in [5.74, 6) is -0.531. The van der Waals surface area contributed by atoms with Crippen molar-refractivity contribution in [3.63, 3.8) is 0 Å². The number of rotatable bonds is 5. The van der Waals surface area contributed by atoms with Crippen molar-refractivity contribution in [2.45, 2.75) is 28.8 Å². The molecular formula is C14H14N2O4S3. The highest BCUT2D eigenvalue weighted by Crippen LogP contribution is 2.36. The van der Waals surface area contributed by atoms with Crippen LogP contribution in [0.3, 0.4) is 0 Å². The number of hydrogen-bond acceptors (Lipinski definition) is 7. The largest absolute Gasteiger partial charge is 0.438 e. The fraction of sp³-hybridized carbons (Fsp3) is 0.286. The molecule has 1 unspecified atom stereocenters. The number of ether oxygens (including phenoxy) is 1. The predicted octanol–water partition coefficient (Wildman–Crippen LogP) is 2.57. The van der Waals surface area contributed by atoms with Crippen LogP contribution in [0.1, 0.15) is 34.8 Å². The Labute approximate surface area is 142 Å². The standard InChI is InChI=1S/C14H14N2O4S3/c1-3-8-7-21-14(15-8)22-9-4-5-10-11(6-9)13(17)20-12(10)16-23(2,18)19/h4-7,12,16H,3H2,1-2H3. The Morgan fingerprint density at radius 2 is 2.22 bits per heavy atom. The molecule has 1 aromatic heterocycles. The van der Waals surface area contributed by atoms with E-state index in [0.717, 1.165) is 27.6 Å². The lowest BCUT2D eigenvalue weighted by Gasteiger charge is -2.10. The Kier molecular flexibility index (Phi) is 4.45. The van der Waals surface area contributed by atoms with Crippen LogP contribution >= 0.6 is 23.1 Å². The van der Waals surface area contributed by atoms with E-state index >= 15 is 0 Å². The Bertz CT molecular complexity index is 861. The minimum Gasteiger partial charge on any atom is -0.438 e. The normalized spacial score (nSPS) is 17.1. The number of nitrogens with zero attached hydrogens (tertiary/aromatic N) is 1. The number of hydrogen-bond donors (Lipinski definition) is 1.